The molecule has 0 bridgehead atoms. The molecule has 5 heteroatoms. The van der Waals surface area contributed by atoms with E-state index in [1.165, 1.54) is 12.8 Å². The molecule has 1 aromatic carbocycles. The van der Waals surface area contributed by atoms with E-state index in [4.69, 9.17) is 17.0 Å². The number of carbonyl (C=O) groups is 1. The molecule has 1 amide bonds. The first-order chi connectivity index (χ1) is 12.8. The summed E-state index contributed by atoms with van der Waals surface area (Å²) in [6, 6.07) is 7.60. The number of rotatable bonds is 6. The zero-order valence-corrected chi connectivity index (χ0v) is 18.0. The van der Waals surface area contributed by atoms with Crippen molar-refractivity contribution in [3.63, 3.8) is 0 Å². The molecular formula is C22H34N2O2S. The molecular weight excluding hydrogens is 356 g/mol. The standard InChI is InChI=1S/C22H34N2O2S/c1-5-6-14-26-19-9-7-8-16(15-19)20(25)24-21(27)23-18-12-10-17(11-13-18)22(2,3)4/h7-9,15,17-18H,5-6,10-14H2,1-4H3,(H2,23,24,25,27). The molecule has 0 aromatic heterocycles. The monoisotopic (exact) mass is 390 g/mol. The highest BCUT2D eigenvalue weighted by molar-refractivity contribution is 7.80. The van der Waals surface area contributed by atoms with Crippen LogP contribution in [0.25, 0.3) is 0 Å². The molecule has 0 atom stereocenters. The minimum absolute atomic E-state index is 0.197. The van der Waals surface area contributed by atoms with Crippen molar-refractivity contribution < 1.29 is 9.53 Å². The van der Waals surface area contributed by atoms with Crippen LogP contribution in [0.3, 0.4) is 0 Å². The molecule has 1 aromatic rings. The SMILES string of the molecule is CCCCOc1cccc(C(=O)NC(=S)NC2CCC(C(C)(C)C)CC2)c1. The quantitative estimate of drug-likeness (QED) is 0.526. The van der Waals surface area contributed by atoms with Crippen molar-refractivity contribution in [3.8, 4) is 5.75 Å². The maximum atomic E-state index is 12.5. The van der Waals surface area contributed by atoms with Crippen molar-refractivity contribution in [2.45, 2.75) is 72.3 Å². The summed E-state index contributed by atoms with van der Waals surface area (Å²) in [7, 11) is 0. The van der Waals surface area contributed by atoms with Crippen molar-refractivity contribution in [1.29, 1.82) is 0 Å². The number of thiocarbonyl (C=S) groups is 1. The van der Waals surface area contributed by atoms with E-state index in [1.807, 2.05) is 12.1 Å². The molecule has 1 saturated carbocycles. The zero-order valence-electron chi connectivity index (χ0n) is 17.1. The van der Waals surface area contributed by atoms with Gasteiger partial charge in [0.2, 0.25) is 0 Å². The largest absolute Gasteiger partial charge is 0.494 e. The van der Waals surface area contributed by atoms with Crippen LogP contribution in [0.5, 0.6) is 5.75 Å². The van der Waals surface area contributed by atoms with E-state index in [1.54, 1.807) is 12.1 Å². The van der Waals surface area contributed by atoms with E-state index in [-0.39, 0.29) is 5.91 Å². The van der Waals surface area contributed by atoms with Crippen molar-refractivity contribution >= 4 is 23.2 Å². The van der Waals surface area contributed by atoms with Gasteiger partial charge >= 0.3 is 0 Å². The molecule has 1 aliphatic carbocycles. The van der Waals surface area contributed by atoms with Crippen LogP contribution in [0.15, 0.2) is 24.3 Å². The Bertz CT molecular complexity index is 631. The summed E-state index contributed by atoms with van der Waals surface area (Å²) >= 11 is 5.36. The fourth-order valence-electron chi connectivity index (χ4n) is 3.56. The lowest BCUT2D eigenvalue weighted by Crippen LogP contribution is -2.46. The number of carbonyl (C=O) groups excluding carboxylic acids is 1. The smallest absolute Gasteiger partial charge is 0.257 e. The van der Waals surface area contributed by atoms with Gasteiger partial charge in [0.1, 0.15) is 5.75 Å². The highest BCUT2D eigenvalue weighted by atomic mass is 32.1. The number of hydrogen-bond acceptors (Lipinski definition) is 3. The third-order valence-electron chi connectivity index (χ3n) is 5.38. The first kappa shape index (κ1) is 21.7. The Morgan fingerprint density at radius 3 is 2.56 bits per heavy atom. The van der Waals surface area contributed by atoms with Crippen molar-refractivity contribution in [1.82, 2.24) is 10.6 Å². The number of hydrogen-bond donors (Lipinski definition) is 2. The molecule has 1 fully saturated rings. The summed E-state index contributed by atoms with van der Waals surface area (Å²) in [6.07, 6.45) is 6.68. The number of benzene rings is 1. The summed E-state index contributed by atoms with van der Waals surface area (Å²) in [5.41, 5.74) is 0.925. The van der Waals surface area contributed by atoms with Crippen LogP contribution in [-0.4, -0.2) is 23.7 Å². The molecule has 27 heavy (non-hydrogen) atoms. The number of amides is 1. The minimum Gasteiger partial charge on any atom is -0.494 e. The van der Waals surface area contributed by atoms with Gasteiger partial charge in [0.05, 0.1) is 6.61 Å². The second-order valence-corrected chi connectivity index (χ2v) is 8.98. The van der Waals surface area contributed by atoms with E-state index in [9.17, 15) is 4.79 Å². The molecule has 0 heterocycles. The Morgan fingerprint density at radius 1 is 1.22 bits per heavy atom. The molecule has 0 spiro atoms. The van der Waals surface area contributed by atoms with Gasteiger partial charge in [0.15, 0.2) is 5.11 Å². The summed E-state index contributed by atoms with van der Waals surface area (Å²) in [5.74, 6) is 1.28. The maximum Gasteiger partial charge on any atom is 0.257 e. The van der Waals surface area contributed by atoms with Gasteiger partial charge in [-0.25, -0.2) is 0 Å². The van der Waals surface area contributed by atoms with Crippen LogP contribution in [0.2, 0.25) is 0 Å². The Morgan fingerprint density at radius 2 is 1.93 bits per heavy atom. The molecule has 0 saturated heterocycles. The third-order valence-corrected chi connectivity index (χ3v) is 5.60. The molecule has 150 valence electrons. The number of nitrogens with one attached hydrogen (secondary N) is 2. The van der Waals surface area contributed by atoms with Crippen molar-refractivity contribution in [2.24, 2.45) is 11.3 Å². The predicted molar refractivity (Wildman–Crippen MR) is 115 cm³/mol. The highest BCUT2D eigenvalue weighted by Gasteiger charge is 2.29. The molecule has 4 nitrogen and oxygen atoms in total. The van der Waals surface area contributed by atoms with Gasteiger partial charge in [-0.05, 0) is 73.9 Å². The van der Waals surface area contributed by atoms with Gasteiger partial charge < -0.3 is 10.1 Å². The summed E-state index contributed by atoms with van der Waals surface area (Å²) < 4.78 is 5.67. The Kier molecular flexibility index (Phi) is 8.08. The molecule has 0 aliphatic heterocycles. The average Bonchev–Trinajstić information content (AvgIpc) is 2.62. The Labute approximate surface area is 169 Å². The lowest BCUT2D eigenvalue weighted by atomic mass is 9.71. The second kappa shape index (κ2) is 10.1. The van der Waals surface area contributed by atoms with Gasteiger partial charge in [0.25, 0.3) is 5.91 Å². The van der Waals surface area contributed by atoms with Crippen LogP contribution < -0.4 is 15.4 Å². The van der Waals surface area contributed by atoms with Gasteiger partial charge in [-0.1, -0.05) is 40.2 Å². The Balaban J connectivity index is 1.80. The van der Waals surface area contributed by atoms with Crippen LogP contribution >= 0.6 is 12.2 Å². The summed E-state index contributed by atoms with van der Waals surface area (Å²) in [6.45, 7) is 9.73. The van der Waals surface area contributed by atoms with Crippen LogP contribution in [0.4, 0.5) is 0 Å². The van der Waals surface area contributed by atoms with E-state index in [0.717, 1.165) is 37.4 Å². The topological polar surface area (TPSA) is 50.4 Å². The van der Waals surface area contributed by atoms with E-state index >= 15 is 0 Å². The van der Waals surface area contributed by atoms with Crippen LogP contribution in [0.1, 0.15) is 76.6 Å². The predicted octanol–water partition coefficient (Wildman–Crippen LogP) is 5.07. The van der Waals surface area contributed by atoms with E-state index < -0.39 is 0 Å². The minimum atomic E-state index is -0.197. The first-order valence-electron chi connectivity index (χ1n) is 10.1. The first-order valence-corrected chi connectivity index (χ1v) is 10.5. The molecule has 1 aliphatic rings. The number of unbranched alkanes of at least 4 members (excludes halogenated alkanes) is 1. The second-order valence-electron chi connectivity index (χ2n) is 8.57. The molecule has 0 radical (unpaired) electrons. The fourth-order valence-corrected chi connectivity index (χ4v) is 3.82. The normalized spacial score (nSPS) is 20.0. The highest BCUT2D eigenvalue weighted by Crippen LogP contribution is 2.37. The van der Waals surface area contributed by atoms with Gasteiger partial charge in [-0.15, -0.1) is 0 Å². The molecule has 0 unspecified atom stereocenters. The summed E-state index contributed by atoms with van der Waals surface area (Å²) in [4.78, 5) is 12.5. The van der Waals surface area contributed by atoms with Gasteiger partial charge in [-0.2, -0.15) is 0 Å². The summed E-state index contributed by atoms with van der Waals surface area (Å²) in [5, 5.41) is 6.53. The lowest BCUT2D eigenvalue weighted by molar-refractivity contribution is 0.0975. The molecule has 2 N–H and O–H groups in total. The van der Waals surface area contributed by atoms with Crippen molar-refractivity contribution in [3.05, 3.63) is 29.8 Å². The van der Waals surface area contributed by atoms with E-state index in [2.05, 4.69) is 38.3 Å². The van der Waals surface area contributed by atoms with Gasteiger partial charge in [-0.3, -0.25) is 10.1 Å². The van der Waals surface area contributed by atoms with Crippen LogP contribution in [0, 0.1) is 11.3 Å². The van der Waals surface area contributed by atoms with Crippen molar-refractivity contribution in [2.75, 3.05) is 6.61 Å². The fraction of sp³-hybridized carbons (Fsp3) is 0.636. The van der Waals surface area contributed by atoms with E-state index in [0.29, 0.717) is 28.7 Å². The number of ether oxygens (including phenoxy) is 1. The Hall–Kier alpha value is -1.62. The lowest BCUT2D eigenvalue weighted by Gasteiger charge is -2.37. The molecule has 2 rings (SSSR count). The average molecular weight is 391 g/mol. The maximum absolute atomic E-state index is 12.5. The zero-order chi connectivity index (χ0) is 19.9. The van der Waals surface area contributed by atoms with Gasteiger partial charge in [0, 0.05) is 11.6 Å². The van der Waals surface area contributed by atoms with Crippen LogP contribution in [-0.2, 0) is 0 Å². The third kappa shape index (κ3) is 7.13.